The molecule has 0 bridgehead atoms. The second-order valence-electron chi connectivity index (χ2n) is 5.79. The van der Waals surface area contributed by atoms with Crippen molar-refractivity contribution in [2.45, 2.75) is 20.3 Å². The molecule has 2 aromatic carbocycles. The van der Waals surface area contributed by atoms with E-state index in [4.69, 9.17) is 11.6 Å². The molecule has 4 heteroatoms. The molecular formula is C19H19ClFNO. The highest BCUT2D eigenvalue weighted by Gasteiger charge is 2.03. The fraction of sp³-hybridized carbons (Fsp3) is 0.211. The molecule has 23 heavy (non-hydrogen) atoms. The third-order valence-corrected chi connectivity index (χ3v) is 3.53. The molecule has 0 fully saturated rings. The molecule has 0 saturated heterocycles. The zero-order chi connectivity index (χ0) is 16.8. The van der Waals surface area contributed by atoms with Crippen molar-refractivity contribution in [2.75, 3.05) is 5.32 Å². The van der Waals surface area contributed by atoms with Crippen LogP contribution in [-0.2, 0) is 11.2 Å². The van der Waals surface area contributed by atoms with Crippen molar-refractivity contribution in [2.24, 2.45) is 5.92 Å². The van der Waals surface area contributed by atoms with Crippen molar-refractivity contribution in [1.82, 2.24) is 0 Å². The summed E-state index contributed by atoms with van der Waals surface area (Å²) >= 11 is 5.68. The van der Waals surface area contributed by atoms with Gasteiger partial charge in [0.25, 0.3) is 0 Å². The number of anilines is 1. The van der Waals surface area contributed by atoms with Crippen molar-refractivity contribution in [1.29, 1.82) is 0 Å². The molecule has 0 heterocycles. The molecule has 0 aromatic heterocycles. The predicted molar refractivity (Wildman–Crippen MR) is 94.1 cm³/mol. The van der Waals surface area contributed by atoms with E-state index < -0.39 is 5.82 Å². The summed E-state index contributed by atoms with van der Waals surface area (Å²) in [4.78, 5) is 11.9. The Morgan fingerprint density at radius 3 is 2.52 bits per heavy atom. The number of nitrogens with one attached hydrogen (secondary N) is 1. The first kappa shape index (κ1) is 17.2. The maximum absolute atomic E-state index is 13.1. The van der Waals surface area contributed by atoms with E-state index in [0.717, 1.165) is 12.0 Å². The van der Waals surface area contributed by atoms with Crippen molar-refractivity contribution >= 4 is 29.3 Å². The van der Waals surface area contributed by atoms with Gasteiger partial charge in [0.2, 0.25) is 5.91 Å². The van der Waals surface area contributed by atoms with Gasteiger partial charge in [-0.25, -0.2) is 4.39 Å². The van der Waals surface area contributed by atoms with Crippen LogP contribution in [0.5, 0.6) is 0 Å². The summed E-state index contributed by atoms with van der Waals surface area (Å²) in [5.74, 6) is -0.190. The van der Waals surface area contributed by atoms with Gasteiger partial charge in [0.1, 0.15) is 5.82 Å². The van der Waals surface area contributed by atoms with E-state index in [-0.39, 0.29) is 10.9 Å². The van der Waals surface area contributed by atoms with Crippen LogP contribution in [0.1, 0.15) is 25.0 Å². The van der Waals surface area contributed by atoms with Crippen LogP contribution in [0.2, 0.25) is 5.02 Å². The molecule has 0 aliphatic rings. The highest BCUT2D eigenvalue weighted by molar-refractivity contribution is 6.31. The monoisotopic (exact) mass is 331 g/mol. The third kappa shape index (κ3) is 5.53. The standard InChI is InChI=1S/C19H19ClFNO/c1-13(2)11-15-5-3-14(4-6-15)7-10-19(23)22-16-8-9-18(21)17(20)12-16/h3-10,12-13H,11H2,1-2H3,(H,22,23). The topological polar surface area (TPSA) is 29.1 Å². The fourth-order valence-electron chi connectivity index (χ4n) is 2.17. The molecule has 1 N–H and O–H groups in total. The van der Waals surface area contributed by atoms with Gasteiger partial charge in [0.05, 0.1) is 5.02 Å². The van der Waals surface area contributed by atoms with Crippen LogP contribution in [0.25, 0.3) is 6.08 Å². The average molecular weight is 332 g/mol. The van der Waals surface area contributed by atoms with Crippen molar-refractivity contribution < 1.29 is 9.18 Å². The first-order valence-electron chi connectivity index (χ1n) is 7.47. The average Bonchev–Trinajstić information content (AvgIpc) is 2.50. The number of halogens is 2. The van der Waals surface area contributed by atoms with Crippen LogP contribution >= 0.6 is 11.6 Å². The Bertz CT molecular complexity index is 708. The Balaban J connectivity index is 1.96. The number of carbonyl (C=O) groups is 1. The molecule has 0 atom stereocenters. The van der Waals surface area contributed by atoms with E-state index in [2.05, 4.69) is 31.3 Å². The molecule has 0 saturated carbocycles. The molecule has 2 aromatic rings. The van der Waals surface area contributed by atoms with Crippen LogP contribution in [0, 0.1) is 11.7 Å². The summed E-state index contributed by atoms with van der Waals surface area (Å²) in [6, 6.07) is 12.2. The minimum atomic E-state index is -0.512. The molecule has 0 aliphatic heterocycles. The van der Waals surface area contributed by atoms with Crippen LogP contribution in [0.3, 0.4) is 0 Å². The zero-order valence-electron chi connectivity index (χ0n) is 13.1. The summed E-state index contributed by atoms with van der Waals surface area (Å²) in [7, 11) is 0. The van der Waals surface area contributed by atoms with Crippen LogP contribution in [0.4, 0.5) is 10.1 Å². The van der Waals surface area contributed by atoms with Gasteiger partial charge in [-0.15, -0.1) is 0 Å². The molecule has 0 radical (unpaired) electrons. The Labute approximate surface area is 141 Å². The summed E-state index contributed by atoms with van der Waals surface area (Å²) < 4.78 is 13.1. The van der Waals surface area contributed by atoms with Crippen LogP contribution in [0.15, 0.2) is 48.5 Å². The lowest BCUT2D eigenvalue weighted by Gasteiger charge is -2.05. The molecule has 120 valence electrons. The van der Waals surface area contributed by atoms with Gasteiger partial charge in [-0.05, 0) is 47.7 Å². The van der Waals surface area contributed by atoms with Gasteiger partial charge in [0.15, 0.2) is 0 Å². The molecule has 0 aliphatic carbocycles. The van der Waals surface area contributed by atoms with E-state index >= 15 is 0 Å². The van der Waals surface area contributed by atoms with E-state index in [9.17, 15) is 9.18 Å². The second-order valence-corrected chi connectivity index (χ2v) is 6.20. The maximum Gasteiger partial charge on any atom is 0.248 e. The third-order valence-electron chi connectivity index (χ3n) is 3.24. The lowest BCUT2D eigenvalue weighted by molar-refractivity contribution is -0.111. The van der Waals surface area contributed by atoms with Crippen molar-refractivity contribution in [3.05, 3.63) is 70.5 Å². The summed E-state index contributed by atoms with van der Waals surface area (Å²) in [6.07, 6.45) is 4.21. The molecular weight excluding hydrogens is 313 g/mol. The highest BCUT2D eigenvalue weighted by atomic mass is 35.5. The lowest BCUT2D eigenvalue weighted by Crippen LogP contribution is -2.07. The number of amides is 1. The fourth-order valence-corrected chi connectivity index (χ4v) is 2.35. The quantitative estimate of drug-likeness (QED) is 0.737. The number of hydrogen-bond donors (Lipinski definition) is 1. The summed E-state index contributed by atoms with van der Waals surface area (Å²) in [6.45, 7) is 4.36. The summed E-state index contributed by atoms with van der Waals surface area (Å²) in [5, 5.41) is 2.62. The normalized spacial score (nSPS) is 11.2. The van der Waals surface area contributed by atoms with Gasteiger partial charge in [-0.3, -0.25) is 4.79 Å². The van der Waals surface area contributed by atoms with Crippen molar-refractivity contribution in [3.8, 4) is 0 Å². The Morgan fingerprint density at radius 1 is 1.22 bits per heavy atom. The SMILES string of the molecule is CC(C)Cc1ccc(C=CC(=O)Nc2ccc(F)c(Cl)c2)cc1. The first-order valence-corrected chi connectivity index (χ1v) is 7.85. The minimum absolute atomic E-state index is 0.0208. The Morgan fingerprint density at radius 2 is 1.91 bits per heavy atom. The Hall–Kier alpha value is -2.13. The van der Waals surface area contributed by atoms with Crippen LogP contribution in [-0.4, -0.2) is 5.91 Å². The number of hydrogen-bond acceptors (Lipinski definition) is 1. The number of benzene rings is 2. The minimum Gasteiger partial charge on any atom is -0.322 e. The molecule has 0 unspecified atom stereocenters. The predicted octanol–water partition coefficient (Wildman–Crippen LogP) is 5.33. The maximum atomic E-state index is 13.1. The Kier molecular flexibility index (Phi) is 5.94. The zero-order valence-corrected chi connectivity index (χ0v) is 13.9. The summed E-state index contributed by atoms with van der Waals surface area (Å²) in [5.41, 5.74) is 2.69. The van der Waals surface area contributed by atoms with E-state index in [0.29, 0.717) is 11.6 Å². The smallest absolute Gasteiger partial charge is 0.248 e. The molecule has 0 spiro atoms. The molecule has 1 amide bonds. The van der Waals surface area contributed by atoms with Gasteiger partial charge >= 0.3 is 0 Å². The van der Waals surface area contributed by atoms with Crippen molar-refractivity contribution in [3.63, 3.8) is 0 Å². The van der Waals surface area contributed by atoms with E-state index in [1.165, 1.54) is 29.8 Å². The lowest BCUT2D eigenvalue weighted by atomic mass is 10.0. The largest absolute Gasteiger partial charge is 0.322 e. The van der Waals surface area contributed by atoms with Gasteiger partial charge in [-0.1, -0.05) is 49.7 Å². The number of carbonyl (C=O) groups excluding carboxylic acids is 1. The van der Waals surface area contributed by atoms with E-state index in [1.807, 2.05) is 12.1 Å². The molecule has 2 rings (SSSR count). The number of rotatable bonds is 5. The molecule has 2 nitrogen and oxygen atoms in total. The first-order chi connectivity index (χ1) is 10.9. The second kappa shape index (κ2) is 7.93. The highest BCUT2D eigenvalue weighted by Crippen LogP contribution is 2.19. The van der Waals surface area contributed by atoms with E-state index in [1.54, 1.807) is 6.08 Å². The van der Waals surface area contributed by atoms with Gasteiger partial charge in [0, 0.05) is 11.8 Å². The van der Waals surface area contributed by atoms with Crippen LogP contribution < -0.4 is 5.32 Å². The van der Waals surface area contributed by atoms with Gasteiger partial charge < -0.3 is 5.32 Å². The van der Waals surface area contributed by atoms with Gasteiger partial charge in [-0.2, -0.15) is 0 Å².